The molecule has 1 N–H and O–H groups in total. The van der Waals surface area contributed by atoms with Crippen LogP contribution in [-0.4, -0.2) is 34.1 Å². The van der Waals surface area contributed by atoms with Gasteiger partial charge in [-0.1, -0.05) is 56.7 Å². The fraction of sp³-hybridized carbons (Fsp3) is 0.400. The molecule has 0 saturated heterocycles. The normalized spacial score (nSPS) is 12.7. The summed E-state index contributed by atoms with van der Waals surface area (Å²) in [5.41, 5.74) is 1.40. The maximum Gasteiger partial charge on any atom is 0.271 e. The summed E-state index contributed by atoms with van der Waals surface area (Å²) in [7, 11) is 0. The molecule has 3 rings (SSSR count). The van der Waals surface area contributed by atoms with Crippen molar-refractivity contribution in [3.8, 4) is 0 Å². The maximum atomic E-state index is 12.3. The predicted molar refractivity (Wildman–Crippen MR) is 125 cm³/mol. The molecular weight excluding hydrogens is 422 g/mol. The number of rotatable bonds is 13. The van der Waals surface area contributed by atoms with Crippen LogP contribution in [-0.2, 0) is 4.79 Å². The zero-order valence-electron chi connectivity index (χ0n) is 18.6. The molecule has 8 heteroatoms. The number of amides is 3. The molecule has 0 atom stereocenters. The van der Waals surface area contributed by atoms with Crippen molar-refractivity contribution < 1.29 is 19.3 Å². The molecule has 33 heavy (non-hydrogen) atoms. The molecule has 0 fully saturated rings. The van der Waals surface area contributed by atoms with Crippen LogP contribution in [0.2, 0.25) is 0 Å². The first kappa shape index (κ1) is 24.1. The molecule has 1 aliphatic heterocycles. The van der Waals surface area contributed by atoms with Crippen molar-refractivity contribution >= 4 is 29.1 Å². The van der Waals surface area contributed by atoms with Gasteiger partial charge in [-0.25, -0.2) is 0 Å². The number of hydrogen-bond acceptors (Lipinski definition) is 5. The Hall–Kier alpha value is -3.55. The van der Waals surface area contributed by atoms with Gasteiger partial charge in [0.25, 0.3) is 17.5 Å². The van der Waals surface area contributed by atoms with E-state index in [2.05, 4.69) is 5.32 Å². The van der Waals surface area contributed by atoms with Crippen molar-refractivity contribution in [1.29, 1.82) is 0 Å². The van der Waals surface area contributed by atoms with E-state index in [1.807, 2.05) is 0 Å². The van der Waals surface area contributed by atoms with Crippen LogP contribution in [0.15, 0.2) is 48.5 Å². The molecule has 0 spiro atoms. The Morgan fingerprint density at radius 3 is 2.00 bits per heavy atom. The highest BCUT2D eigenvalue weighted by molar-refractivity contribution is 6.21. The first-order valence-electron chi connectivity index (χ1n) is 11.5. The molecule has 0 radical (unpaired) electrons. The maximum absolute atomic E-state index is 12.3. The van der Waals surface area contributed by atoms with Crippen LogP contribution in [0.1, 0.15) is 78.5 Å². The van der Waals surface area contributed by atoms with Crippen molar-refractivity contribution in [3.63, 3.8) is 0 Å². The minimum Gasteiger partial charge on any atom is -0.326 e. The highest BCUT2D eigenvalue weighted by atomic mass is 16.6. The van der Waals surface area contributed by atoms with E-state index < -0.39 is 4.92 Å². The van der Waals surface area contributed by atoms with Gasteiger partial charge < -0.3 is 5.32 Å². The van der Waals surface area contributed by atoms with Gasteiger partial charge in [-0.3, -0.25) is 29.4 Å². The Kier molecular flexibility index (Phi) is 8.69. The Morgan fingerprint density at radius 1 is 0.818 bits per heavy atom. The summed E-state index contributed by atoms with van der Waals surface area (Å²) in [6.45, 7) is 0.464. The third-order valence-electron chi connectivity index (χ3n) is 5.75. The monoisotopic (exact) mass is 451 g/mol. The second-order valence-corrected chi connectivity index (χ2v) is 8.24. The standard InChI is InChI=1S/C25H29N3O5/c29-23(26-19-12-11-13-20(18-19)28(32)33)16-7-5-3-1-2-4-6-10-17-27-24(30)21-14-8-9-15-22(21)25(27)31/h8-9,11-15,18H,1-7,10,16-17H2,(H,26,29). The van der Waals surface area contributed by atoms with Gasteiger partial charge >= 0.3 is 0 Å². The van der Waals surface area contributed by atoms with Gasteiger partial charge in [-0.05, 0) is 31.0 Å². The van der Waals surface area contributed by atoms with Crippen molar-refractivity contribution in [2.45, 2.75) is 57.8 Å². The average molecular weight is 452 g/mol. The number of benzene rings is 2. The molecule has 1 heterocycles. The molecule has 0 aromatic heterocycles. The summed E-state index contributed by atoms with van der Waals surface area (Å²) in [6, 6.07) is 12.9. The Labute approximate surface area is 193 Å². The second-order valence-electron chi connectivity index (χ2n) is 8.24. The average Bonchev–Trinajstić information content (AvgIpc) is 3.05. The number of hydrogen-bond donors (Lipinski definition) is 1. The van der Waals surface area contributed by atoms with Crippen LogP contribution in [0.3, 0.4) is 0 Å². The number of nitrogens with one attached hydrogen (secondary N) is 1. The van der Waals surface area contributed by atoms with Gasteiger partial charge in [0, 0.05) is 30.8 Å². The molecule has 8 nitrogen and oxygen atoms in total. The van der Waals surface area contributed by atoms with E-state index in [-0.39, 0.29) is 23.4 Å². The van der Waals surface area contributed by atoms with Gasteiger partial charge in [0.1, 0.15) is 0 Å². The van der Waals surface area contributed by atoms with E-state index in [4.69, 9.17) is 0 Å². The molecular formula is C25H29N3O5. The number of carbonyl (C=O) groups excluding carboxylic acids is 3. The molecule has 2 aromatic rings. The number of nitro benzene ring substituents is 1. The second kappa shape index (κ2) is 11.9. The van der Waals surface area contributed by atoms with Crippen LogP contribution < -0.4 is 5.32 Å². The van der Waals surface area contributed by atoms with E-state index in [1.54, 1.807) is 36.4 Å². The molecule has 0 bridgehead atoms. The number of fused-ring (bicyclic) bond motifs is 1. The summed E-state index contributed by atoms with van der Waals surface area (Å²) in [6.07, 6.45) is 8.17. The van der Waals surface area contributed by atoms with E-state index in [0.717, 1.165) is 51.4 Å². The quantitative estimate of drug-likeness (QED) is 0.191. The molecule has 0 unspecified atom stereocenters. The Morgan fingerprint density at radius 2 is 1.39 bits per heavy atom. The fourth-order valence-corrected chi connectivity index (χ4v) is 3.98. The highest BCUT2D eigenvalue weighted by Gasteiger charge is 2.34. The Bertz CT molecular complexity index is 986. The summed E-state index contributed by atoms with van der Waals surface area (Å²) in [5, 5.41) is 13.5. The molecule has 0 aliphatic carbocycles. The number of carbonyl (C=O) groups is 3. The van der Waals surface area contributed by atoms with Crippen LogP contribution in [0.25, 0.3) is 0 Å². The van der Waals surface area contributed by atoms with Crippen molar-refractivity contribution in [2.24, 2.45) is 0 Å². The van der Waals surface area contributed by atoms with E-state index in [0.29, 0.717) is 29.8 Å². The lowest BCUT2D eigenvalue weighted by Gasteiger charge is -2.13. The molecule has 2 aromatic carbocycles. The molecule has 0 saturated carbocycles. The number of nitro groups is 1. The van der Waals surface area contributed by atoms with Gasteiger partial charge in [0.05, 0.1) is 16.1 Å². The summed E-state index contributed by atoms with van der Waals surface area (Å²) < 4.78 is 0. The third-order valence-corrected chi connectivity index (χ3v) is 5.75. The van der Waals surface area contributed by atoms with E-state index in [9.17, 15) is 24.5 Å². The summed E-state index contributed by atoms with van der Waals surface area (Å²) in [4.78, 5) is 48.3. The molecule has 174 valence electrons. The Balaban J connectivity index is 1.20. The molecule has 1 aliphatic rings. The van der Waals surface area contributed by atoms with Crippen molar-refractivity contribution in [2.75, 3.05) is 11.9 Å². The van der Waals surface area contributed by atoms with Crippen LogP contribution in [0, 0.1) is 10.1 Å². The van der Waals surface area contributed by atoms with Gasteiger partial charge in [0.2, 0.25) is 5.91 Å². The van der Waals surface area contributed by atoms with Gasteiger partial charge in [0.15, 0.2) is 0 Å². The number of unbranched alkanes of at least 4 members (excludes halogenated alkanes) is 7. The first-order valence-corrected chi connectivity index (χ1v) is 11.5. The lowest BCUT2D eigenvalue weighted by atomic mass is 10.1. The summed E-state index contributed by atoms with van der Waals surface area (Å²) in [5.74, 6) is -0.515. The smallest absolute Gasteiger partial charge is 0.271 e. The number of nitrogens with zero attached hydrogens (tertiary/aromatic N) is 2. The first-order chi connectivity index (χ1) is 16.0. The minimum atomic E-state index is -0.486. The predicted octanol–water partition coefficient (Wildman–Crippen LogP) is 5.34. The number of imide groups is 1. The van der Waals surface area contributed by atoms with Gasteiger partial charge in [-0.2, -0.15) is 0 Å². The third kappa shape index (κ3) is 6.71. The van der Waals surface area contributed by atoms with E-state index >= 15 is 0 Å². The molecule has 3 amide bonds. The van der Waals surface area contributed by atoms with Crippen LogP contribution >= 0.6 is 0 Å². The van der Waals surface area contributed by atoms with Crippen LogP contribution in [0.5, 0.6) is 0 Å². The largest absolute Gasteiger partial charge is 0.326 e. The lowest BCUT2D eigenvalue weighted by molar-refractivity contribution is -0.384. The van der Waals surface area contributed by atoms with Crippen molar-refractivity contribution in [3.05, 3.63) is 69.8 Å². The van der Waals surface area contributed by atoms with E-state index in [1.165, 1.54) is 17.0 Å². The topological polar surface area (TPSA) is 110 Å². The SMILES string of the molecule is O=C(CCCCCCCCCCN1C(=O)c2ccccc2C1=O)Nc1cccc([N+](=O)[O-])c1. The summed E-state index contributed by atoms with van der Waals surface area (Å²) >= 11 is 0. The highest BCUT2D eigenvalue weighted by Crippen LogP contribution is 2.23. The zero-order chi connectivity index (χ0) is 23.6. The minimum absolute atomic E-state index is 0.0449. The number of non-ortho nitro benzene ring substituents is 1. The fourth-order valence-electron chi connectivity index (χ4n) is 3.98. The van der Waals surface area contributed by atoms with Gasteiger partial charge in [-0.15, -0.1) is 0 Å². The van der Waals surface area contributed by atoms with Crippen LogP contribution in [0.4, 0.5) is 11.4 Å². The zero-order valence-corrected chi connectivity index (χ0v) is 18.6. The van der Waals surface area contributed by atoms with Crippen molar-refractivity contribution in [1.82, 2.24) is 4.90 Å². The number of anilines is 1. The lowest BCUT2D eigenvalue weighted by Crippen LogP contribution is -2.30.